The number of nitrogen functional groups attached to an aromatic ring is 1. The molecule has 1 aliphatic rings. The molecule has 1 fully saturated rings. The van der Waals surface area contributed by atoms with E-state index in [1.54, 1.807) is 19.2 Å². The highest BCUT2D eigenvalue weighted by atomic mass is 16.6. The number of nitrogens with two attached hydrogens (primary N) is 1. The molecule has 0 unspecified atom stereocenters. The number of hydrogen-bond donors (Lipinski definition) is 1. The third-order valence-electron chi connectivity index (χ3n) is 3.50. The molecule has 0 radical (unpaired) electrons. The highest BCUT2D eigenvalue weighted by Gasteiger charge is 2.23. The molecule has 0 aliphatic carbocycles. The summed E-state index contributed by atoms with van der Waals surface area (Å²) in [7, 11) is 1.64. The normalized spacial score (nSPS) is 16.0. The molecule has 2 rings (SSSR count). The van der Waals surface area contributed by atoms with Crippen molar-refractivity contribution in [2.45, 2.75) is 45.3 Å². The van der Waals surface area contributed by atoms with Crippen LogP contribution in [0.2, 0.25) is 0 Å². The number of benzene rings is 1. The highest BCUT2D eigenvalue weighted by molar-refractivity contribution is 5.91. The highest BCUT2D eigenvalue weighted by Crippen LogP contribution is 2.30. The topological polar surface area (TPSA) is 74.0 Å². The number of rotatable bonds is 3. The summed E-state index contributed by atoms with van der Waals surface area (Å²) in [6.45, 7) is 6.90. The van der Waals surface area contributed by atoms with Gasteiger partial charge in [0, 0.05) is 26.0 Å². The van der Waals surface area contributed by atoms with Gasteiger partial charge < -0.3 is 19.9 Å². The number of amides is 1. The zero-order valence-electron chi connectivity index (χ0n) is 14.3. The van der Waals surface area contributed by atoms with Gasteiger partial charge in [0.1, 0.15) is 17.5 Å². The van der Waals surface area contributed by atoms with Crippen LogP contribution in [-0.4, -0.2) is 38.1 Å². The Labute approximate surface area is 137 Å². The SMILES string of the molecule is CN(C(=O)OC(C)(C)C)c1cc(OC2CCOCC2)ccc1N. The summed E-state index contributed by atoms with van der Waals surface area (Å²) in [6.07, 6.45) is 1.41. The minimum Gasteiger partial charge on any atom is -0.490 e. The number of carbonyl (C=O) groups is 1. The third-order valence-corrected chi connectivity index (χ3v) is 3.50. The first-order valence-electron chi connectivity index (χ1n) is 7.87. The molecule has 1 aromatic carbocycles. The van der Waals surface area contributed by atoms with Gasteiger partial charge in [0.25, 0.3) is 0 Å². The number of carbonyl (C=O) groups excluding carboxylic acids is 1. The van der Waals surface area contributed by atoms with Gasteiger partial charge in [-0.25, -0.2) is 4.79 Å². The van der Waals surface area contributed by atoms with Gasteiger partial charge in [-0.2, -0.15) is 0 Å². The van der Waals surface area contributed by atoms with Crippen LogP contribution in [0.15, 0.2) is 18.2 Å². The molecule has 0 aromatic heterocycles. The van der Waals surface area contributed by atoms with Crippen molar-refractivity contribution < 1.29 is 19.0 Å². The number of ether oxygens (including phenoxy) is 3. The molecule has 0 spiro atoms. The van der Waals surface area contributed by atoms with Crippen molar-refractivity contribution >= 4 is 17.5 Å². The molecule has 2 N–H and O–H groups in total. The summed E-state index contributed by atoms with van der Waals surface area (Å²) < 4.78 is 16.7. The Morgan fingerprint density at radius 3 is 2.57 bits per heavy atom. The molecule has 0 atom stereocenters. The van der Waals surface area contributed by atoms with E-state index in [1.807, 2.05) is 26.8 Å². The summed E-state index contributed by atoms with van der Waals surface area (Å²) in [4.78, 5) is 13.6. The van der Waals surface area contributed by atoms with Gasteiger partial charge >= 0.3 is 6.09 Å². The van der Waals surface area contributed by atoms with Crippen molar-refractivity contribution in [2.75, 3.05) is 30.9 Å². The Kier molecular flexibility index (Phi) is 5.36. The molecule has 1 heterocycles. The van der Waals surface area contributed by atoms with E-state index >= 15 is 0 Å². The van der Waals surface area contributed by atoms with Gasteiger partial charge in [0.05, 0.1) is 24.6 Å². The molecule has 0 bridgehead atoms. The monoisotopic (exact) mass is 322 g/mol. The predicted molar refractivity (Wildman–Crippen MR) is 90.0 cm³/mol. The average Bonchev–Trinajstić information content (AvgIpc) is 2.48. The summed E-state index contributed by atoms with van der Waals surface area (Å²) in [6, 6.07) is 5.33. The van der Waals surface area contributed by atoms with Crippen molar-refractivity contribution in [1.29, 1.82) is 0 Å². The van der Waals surface area contributed by atoms with E-state index in [2.05, 4.69) is 0 Å². The van der Waals surface area contributed by atoms with Crippen LogP contribution in [0.4, 0.5) is 16.2 Å². The second kappa shape index (κ2) is 7.08. The molecule has 1 aliphatic heterocycles. The number of nitrogens with zero attached hydrogens (tertiary/aromatic N) is 1. The Bertz CT molecular complexity index is 548. The molecule has 6 heteroatoms. The Morgan fingerprint density at radius 2 is 1.96 bits per heavy atom. The lowest BCUT2D eigenvalue weighted by molar-refractivity contribution is 0.0256. The van der Waals surface area contributed by atoms with Crippen LogP contribution >= 0.6 is 0 Å². The third kappa shape index (κ3) is 5.03. The maximum absolute atomic E-state index is 12.2. The van der Waals surface area contributed by atoms with E-state index in [0.717, 1.165) is 12.8 Å². The molecule has 1 aromatic rings. The molecule has 1 saturated heterocycles. The van der Waals surface area contributed by atoms with Gasteiger partial charge in [0.2, 0.25) is 0 Å². The van der Waals surface area contributed by atoms with E-state index in [9.17, 15) is 4.79 Å². The first-order chi connectivity index (χ1) is 10.8. The zero-order chi connectivity index (χ0) is 17.0. The Balaban J connectivity index is 2.11. The molecular formula is C17H26N2O4. The van der Waals surface area contributed by atoms with Crippen molar-refractivity contribution in [3.8, 4) is 5.75 Å². The fraction of sp³-hybridized carbons (Fsp3) is 0.588. The van der Waals surface area contributed by atoms with E-state index in [1.165, 1.54) is 4.90 Å². The Morgan fingerprint density at radius 1 is 1.30 bits per heavy atom. The first-order valence-corrected chi connectivity index (χ1v) is 7.87. The van der Waals surface area contributed by atoms with E-state index in [-0.39, 0.29) is 6.10 Å². The molecule has 1 amide bonds. The molecule has 23 heavy (non-hydrogen) atoms. The van der Waals surface area contributed by atoms with E-state index < -0.39 is 11.7 Å². The average molecular weight is 322 g/mol. The number of hydrogen-bond acceptors (Lipinski definition) is 5. The van der Waals surface area contributed by atoms with Crippen LogP contribution < -0.4 is 15.4 Å². The minimum absolute atomic E-state index is 0.132. The maximum atomic E-state index is 12.2. The van der Waals surface area contributed by atoms with Gasteiger partial charge in [0.15, 0.2) is 0 Å². The van der Waals surface area contributed by atoms with Crippen LogP contribution in [0.3, 0.4) is 0 Å². The van der Waals surface area contributed by atoms with Crippen LogP contribution in [0, 0.1) is 0 Å². The predicted octanol–water partition coefficient (Wildman–Crippen LogP) is 3.20. The molecular weight excluding hydrogens is 296 g/mol. The summed E-state index contributed by atoms with van der Waals surface area (Å²) in [5, 5.41) is 0. The smallest absolute Gasteiger partial charge is 0.414 e. The lowest BCUT2D eigenvalue weighted by atomic mass is 10.1. The molecule has 0 saturated carbocycles. The fourth-order valence-corrected chi connectivity index (χ4v) is 2.30. The van der Waals surface area contributed by atoms with E-state index in [4.69, 9.17) is 19.9 Å². The second-order valence-corrected chi connectivity index (χ2v) is 6.69. The standard InChI is InChI=1S/C17H26N2O4/c1-17(2,3)23-16(20)19(4)15-11-13(5-6-14(15)18)22-12-7-9-21-10-8-12/h5-6,11-12H,7-10,18H2,1-4H3. The summed E-state index contributed by atoms with van der Waals surface area (Å²) >= 11 is 0. The minimum atomic E-state index is -0.559. The van der Waals surface area contributed by atoms with Crippen molar-refractivity contribution in [1.82, 2.24) is 0 Å². The van der Waals surface area contributed by atoms with Gasteiger partial charge in [-0.15, -0.1) is 0 Å². The van der Waals surface area contributed by atoms with Gasteiger partial charge in [-0.05, 0) is 32.9 Å². The fourth-order valence-electron chi connectivity index (χ4n) is 2.30. The summed E-state index contributed by atoms with van der Waals surface area (Å²) in [5.74, 6) is 0.691. The number of anilines is 2. The van der Waals surface area contributed by atoms with E-state index in [0.29, 0.717) is 30.3 Å². The lowest BCUT2D eigenvalue weighted by Gasteiger charge is -2.27. The van der Waals surface area contributed by atoms with Crippen LogP contribution in [0.1, 0.15) is 33.6 Å². The molecule has 6 nitrogen and oxygen atoms in total. The molecule has 128 valence electrons. The van der Waals surface area contributed by atoms with Crippen LogP contribution in [0.25, 0.3) is 0 Å². The van der Waals surface area contributed by atoms with Crippen molar-refractivity contribution in [3.63, 3.8) is 0 Å². The summed E-state index contributed by atoms with van der Waals surface area (Å²) in [5.41, 5.74) is 6.51. The van der Waals surface area contributed by atoms with Crippen LogP contribution in [-0.2, 0) is 9.47 Å². The zero-order valence-corrected chi connectivity index (χ0v) is 14.3. The first kappa shape index (κ1) is 17.4. The largest absolute Gasteiger partial charge is 0.490 e. The maximum Gasteiger partial charge on any atom is 0.414 e. The van der Waals surface area contributed by atoms with Crippen molar-refractivity contribution in [3.05, 3.63) is 18.2 Å². The van der Waals surface area contributed by atoms with Crippen LogP contribution in [0.5, 0.6) is 5.75 Å². The Hall–Kier alpha value is -1.95. The second-order valence-electron chi connectivity index (χ2n) is 6.69. The van der Waals surface area contributed by atoms with Gasteiger partial charge in [-0.1, -0.05) is 0 Å². The quantitative estimate of drug-likeness (QED) is 0.865. The van der Waals surface area contributed by atoms with Gasteiger partial charge in [-0.3, -0.25) is 4.90 Å². The van der Waals surface area contributed by atoms with Crippen molar-refractivity contribution in [2.24, 2.45) is 0 Å². The lowest BCUT2D eigenvalue weighted by Crippen LogP contribution is -2.34.